The summed E-state index contributed by atoms with van der Waals surface area (Å²) in [5, 5.41) is 17.5. The summed E-state index contributed by atoms with van der Waals surface area (Å²) in [6, 6.07) is 52.5. The van der Waals surface area contributed by atoms with E-state index < -0.39 is 95.6 Å². The minimum atomic E-state index is -1.32. The van der Waals surface area contributed by atoms with Crippen molar-refractivity contribution in [3.05, 3.63) is 215 Å². The highest BCUT2D eigenvalue weighted by Crippen LogP contribution is 2.38. The monoisotopic (exact) mass is 1050 g/mol. The van der Waals surface area contributed by atoms with Crippen molar-refractivity contribution in [2.24, 2.45) is 0 Å². The first-order valence-corrected chi connectivity index (χ1v) is 26.7. The molecule has 3 fully saturated rings. The second-order valence-corrected chi connectivity index (χ2v) is 19.9. The molecule has 400 valence electrons. The maximum Gasteiger partial charge on any atom is 0.243 e. The van der Waals surface area contributed by atoms with E-state index in [4.69, 9.17) is 0 Å². The number of hydrogen-bond acceptors (Lipinski definition) is 8. The topological polar surface area (TPSA) is 215 Å². The van der Waals surface area contributed by atoms with Gasteiger partial charge >= 0.3 is 0 Å². The molecule has 3 aliphatic rings. The zero-order chi connectivity index (χ0) is 54.5. The molecule has 3 heterocycles. The SMILES string of the molecule is O=C(CC[C@@H]1NC(=O)[C@@H]2CCCN2C(=O)CNC(=O)[C@H](CCC(=O)NC(c2ccccc2)(c2ccccc2)c2ccccc2)NC(=O)[C@@H]2CCCN2C(=O)CNC1=O)NC(c1ccccc1)(c1ccccc1)c1ccccc1. The number of amides is 8. The number of carbonyl (C=O) groups excluding carboxylic acids is 8. The molecule has 0 bridgehead atoms. The van der Waals surface area contributed by atoms with E-state index >= 15 is 0 Å². The molecule has 9 rings (SSSR count). The molecule has 4 atom stereocenters. The van der Waals surface area contributed by atoms with Crippen LogP contribution in [0.1, 0.15) is 84.7 Å². The number of nitrogens with one attached hydrogen (secondary N) is 6. The lowest BCUT2D eigenvalue weighted by Crippen LogP contribution is -2.58. The van der Waals surface area contributed by atoms with Crippen molar-refractivity contribution in [1.82, 2.24) is 41.7 Å². The molecule has 16 heteroatoms. The van der Waals surface area contributed by atoms with Crippen molar-refractivity contribution in [2.75, 3.05) is 26.2 Å². The van der Waals surface area contributed by atoms with Crippen molar-refractivity contribution < 1.29 is 38.4 Å². The average Bonchev–Trinajstić information content (AvgIpc) is 4.23. The van der Waals surface area contributed by atoms with Crippen LogP contribution in [0.5, 0.6) is 0 Å². The molecule has 6 N–H and O–H groups in total. The lowest BCUT2D eigenvalue weighted by atomic mass is 9.77. The third-order valence-corrected chi connectivity index (χ3v) is 15.1. The summed E-state index contributed by atoms with van der Waals surface area (Å²) in [4.78, 5) is 117. The van der Waals surface area contributed by atoms with Gasteiger partial charge in [-0.2, -0.15) is 0 Å². The Labute approximate surface area is 453 Å². The van der Waals surface area contributed by atoms with Gasteiger partial charge in [0.05, 0.1) is 13.1 Å². The van der Waals surface area contributed by atoms with E-state index in [9.17, 15) is 38.4 Å². The van der Waals surface area contributed by atoms with Crippen LogP contribution in [0.15, 0.2) is 182 Å². The first-order valence-electron chi connectivity index (χ1n) is 26.7. The summed E-state index contributed by atoms with van der Waals surface area (Å²) >= 11 is 0. The summed E-state index contributed by atoms with van der Waals surface area (Å²) in [6.07, 6.45) is 0.600. The fourth-order valence-corrected chi connectivity index (χ4v) is 11.2. The zero-order valence-electron chi connectivity index (χ0n) is 43.3. The van der Waals surface area contributed by atoms with Crippen LogP contribution in [0.4, 0.5) is 0 Å². The molecule has 0 spiro atoms. The van der Waals surface area contributed by atoms with E-state index in [0.29, 0.717) is 12.8 Å². The summed E-state index contributed by atoms with van der Waals surface area (Å²) in [7, 11) is 0. The van der Waals surface area contributed by atoms with Crippen LogP contribution in [-0.2, 0) is 49.4 Å². The van der Waals surface area contributed by atoms with Gasteiger partial charge < -0.3 is 41.7 Å². The van der Waals surface area contributed by atoms with Gasteiger partial charge in [-0.15, -0.1) is 0 Å². The molecular weight excluding hydrogens is 985 g/mol. The Morgan fingerprint density at radius 3 is 0.949 bits per heavy atom. The molecular formula is C62H64N8O8. The molecule has 8 amide bonds. The van der Waals surface area contributed by atoms with Crippen LogP contribution in [0.2, 0.25) is 0 Å². The Hall–Kier alpha value is -8.92. The number of rotatable bonds is 14. The standard InChI is InChI=1S/C62H64N8O8/c71-53(67-61(43-21-7-1-8-22-43,44-23-9-2-10-24-44)45-25-11-3-12-26-45)37-35-49-57(75)63-41-55(73)70-40-20-34-52(70)60(78)66-50(58(76)64-42-56(74)69-39-19-33-51(69)59(77)65-49)36-38-54(72)68-62(46-27-13-4-14-28-46,47-29-15-5-16-30-47)48-31-17-6-18-32-48/h1-18,21-32,49-52H,19-20,33-42H2,(H,63,75)(H,64,76)(H,65,77)(H,66,78)(H,67,71)(H,68,72)/t49-,50-,51-,52-/m0/s1. The summed E-state index contributed by atoms with van der Waals surface area (Å²) < 4.78 is 0. The van der Waals surface area contributed by atoms with Gasteiger partial charge in [0.2, 0.25) is 47.3 Å². The van der Waals surface area contributed by atoms with Gasteiger partial charge in [0.15, 0.2) is 0 Å². The van der Waals surface area contributed by atoms with Crippen LogP contribution in [0.25, 0.3) is 0 Å². The highest BCUT2D eigenvalue weighted by atomic mass is 16.2. The Morgan fingerprint density at radius 1 is 0.410 bits per heavy atom. The Bertz CT molecular complexity index is 2680. The van der Waals surface area contributed by atoms with E-state index in [1.54, 1.807) is 0 Å². The van der Waals surface area contributed by atoms with Crippen molar-refractivity contribution in [3.63, 3.8) is 0 Å². The molecule has 6 aromatic rings. The number of benzene rings is 6. The molecule has 16 nitrogen and oxygen atoms in total. The molecule has 78 heavy (non-hydrogen) atoms. The predicted octanol–water partition coefficient (Wildman–Crippen LogP) is 4.96. The lowest BCUT2D eigenvalue weighted by molar-refractivity contribution is -0.142. The molecule has 0 aromatic heterocycles. The van der Waals surface area contributed by atoms with Gasteiger partial charge in [-0.05, 0) is 71.9 Å². The highest BCUT2D eigenvalue weighted by Gasteiger charge is 2.42. The van der Waals surface area contributed by atoms with Crippen molar-refractivity contribution in [2.45, 2.75) is 86.6 Å². The van der Waals surface area contributed by atoms with Crippen molar-refractivity contribution >= 4 is 47.3 Å². The average molecular weight is 1050 g/mol. The maximum absolute atomic E-state index is 14.4. The fraction of sp³-hybridized carbons (Fsp3) is 0.290. The van der Waals surface area contributed by atoms with Crippen LogP contribution < -0.4 is 31.9 Å². The van der Waals surface area contributed by atoms with Gasteiger partial charge in [0.25, 0.3) is 0 Å². The Balaban J connectivity index is 0.935. The normalized spacial score (nSPS) is 19.7. The van der Waals surface area contributed by atoms with E-state index in [1.807, 2.05) is 182 Å². The largest absolute Gasteiger partial charge is 0.345 e. The lowest BCUT2D eigenvalue weighted by Gasteiger charge is -2.37. The number of nitrogens with zero attached hydrogens (tertiary/aromatic N) is 2. The summed E-state index contributed by atoms with van der Waals surface area (Å²) in [6.45, 7) is -0.704. The minimum Gasteiger partial charge on any atom is -0.345 e. The maximum atomic E-state index is 14.4. The zero-order valence-corrected chi connectivity index (χ0v) is 43.3. The molecule has 0 aliphatic carbocycles. The van der Waals surface area contributed by atoms with Crippen LogP contribution >= 0.6 is 0 Å². The summed E-state index contributed by atoms with van der Waals surface area (Å²) in [5.41, 5.74) is 2.45. The van der Waals surface area contributed by atoms with Crippen LogP contribution in [-0.4, -0.2) is 107 Å². The van der Waals surface area contributed by atoms with Gasteiger partial charge in [-0.3, -0.25) is 38.4 Å². The first-order chi connectivity index (χ1) is 38.0. The third-order valence-electron chi connectivity index (χ3n) is 15.1. The van der Waals surface area contributed by atoms with E-state index in [1.165, 1.54) is 9.80 Å². The summed E-state index contributed by atoms with van der Waals surface area (Å²) in [5.74, 6) is -4.75. The molecule has 6 aromatic carbocycles. The first kappa shape index (κ1) is 53.9. The molecule has 0 radical (unpaired) electrons. The quantitative estimate of drug-likeness (QED) is 0.0819. The highest BCUT2D eigenvalue weighted by molar-refractivity contribution is 5.97. The number of fused-ring (bicyclic) bond motifs is 2. The number of hydrogen-bond donors (Lipinski definition) is 6. The van der Waals surface area contributed by atoms with E-state index in [-0.39, 0.29) is 51.6 Å². The Kier molecular flexibility index (Phi) is 17.2. The third kappa shape index (κ3) is 11.9. The molecule has 3 aliphatic heterocycles. The van der Waals surface area contributed by atoms with Gasteiger partial charge in [0.1, 0.15) is 35.2 Å². The molecule has 0 unspecified atom stereocenters. The fourth-order valence-electron chi connectivity index (χ4n) is 11.2. The van der Waals surface area contributed by atoms with Gasteiger partial charge in [0, 0.05) is 25.9 Å². The van der Waals surface area contributed by atoms with Gasteiger partial charge in [-0.1, -0.05) is 182 Å². The van der Waals surface area contributed by atoms with Crippen molar-refractivity contribution in [1.29, 1.82) is 0 Å². The minimum absolute atomic E-state index is 0.178. The van der Waals surface area contributed by atoms with E-state index in [2.05, 4.69) is 31.9 Å². The molecule has 0 saturated carbocycles. The predicted molar refractivity (Wildman–Crippen MR) is 293 cm³/mol. The molecule has 3 saturated heterocycles. The second-order valence-electron chi connectivity index (χ2n) is 19.9. The van der Waals surface area contributed by atoms with Crippen LogP contribution in [0, 0.1) is 0 Å². The van der Waals surface area contributed by atoms with E-state index in [0.717, 1.165) is 33.4 Å². The van der Waals surface area contributed by atoms with Crippen molar-refractivity contribution in [3.8, 4) is 0 Å². The van der Waals surface area contributed by atoms with Crippen LogP contribution in [0.3, 0.4) is 0 Å². The number of carbonyl (C=O) groups is 8. The second kappa shape index (κ2) is 24.8. The Morgan fingerprint density at radius 2 is 0.679 bits per heavy atom. The smallest absolute Gasteiger partial charge is 0.243 e. The van der Waals surface area contributed by atoms with Gasteiger partial charge in [-0.25, -0.2) is 0 Å².